The van der Waals surface area contributed by atoms with Crippen molar-refractivity contribution in [3.8, 4) is 0 Å². The molecular weight excluding hydrogens is 310 g/mol. The molecule has 0 bridgehead atoms. The molecule has 0 atom stereocenters. The fraction of sp³-hybridized carbons (Fsp3) is 0.533. The lowest BCUT2D eigenvalue weighted by Crippen LogP contribution is -2.18. The zero-order chi connectivity index (χ0) is 15.7. The van der Waals surface area contributed by atoms with Crippen molar-refractivity contribution < 1.29 is 13.2 Å². The molecule has 0 unspecified atom stereocenters. The first-order valence-electron chi connectivity index (χ1n) is 7.25. The first-order chi connectivity index (χ1) is 9.96. The van der Waals surface area contributed by atoms with E-state index in [0.29, 0.717) is 6.42 Å². The highest BCUT2D eigenvalue weighted by atomic mass is 35.5. The molecule has 1 aromatic carbocycles. The molecule has 0 radical (unpaired) electrons. The maximum atomic E-state index is 12.0. The number of halogens is 1. The van der Waals surface area contributed by atoms with E-state index in [4.69, 9.17) is 11.6 Å². The number of hydrogen-bond donors (Lipinski definition) is 1. The van der Waals surface area contributed by atoms with Crippen LogP contribution in [-0.4, -0.2) is 19.4 Å². The summed E-state index contributed by atoms with van der Waals surface area (Å²) in [5.41, 5.74) is 0.411. The third-order valence-electron chi connectivity index (χ3n) is 3.17. The number of hydrogen-bond acceptors (Lipinski definition) is 3. The van der Waals surface area contributed by atoms with Gasteiger partial charge in [0.15, 0.2) is 0 Å². The lowest BCUT2D eigenvalue weighted by molar-refractivity contribution is 0.108. The van der Waals surface area contributed by atoms with Crippen molar-refractivity contribution in [1.82, 2.24) is 0 Å². The Balaban J connectivity index is 2.51. The number of sulfonamides is 1. The SMILES string of the molecule is CCCCCCCCS(=O)(=O)Nc1ccccc1C(=O)Cl. The lowest BCUT2D eigenvalue weighted by Gasteiger charge is -2.10. The predicted molar refractivity (Wildman–Crippen MR) is 87.4 cm³/mol. The quantitative estimate of drug-likeness (QED) is 0.517. The average Bonchev–Trinajstić information content (AvgIpc) is 2.42. The Hall–Kier alpha value is -1.07. The number of benzene rings is 1. The van der Waals surface area contributed by atoms with Gasteiger partial charge in [0.25, 0.3) is 5.24 Å². The van der Waals surface area contributed by atoms with Crippen LogP contribution >= 0.6 is 11.6 Å². The van der Waals surface area contributed by atoms with Gasteiger partial charge in [0.1, 0.15) is 0 Å². The summed E-state index contributed by atoms with van der Waals surface area (Å²) in [5.74, 6) is 0.0595. The molecule has 0 amide bonds. The molecule has 0 saturated carbocycles. The average molecular weight is 332 g/mol. The highest BCUT2D eigenvalue weighted by molar-refractivity contribution is 7.92. The molecule has 0 aliphatic carbocycles. The van der Waals surface area contributed by atoms with Gasteiger partial charge in [0.2, 0.25) is 10.0 Å². The van der Waals surface area contributed by atoms with E-state index >= 15 is 0 Å². The van der Waals surface area contributed by atoms with Crippen LogP contribution in [0, 0.1) is 0 Å². The molecule has 0 aliphatic rings. The number of carbonyl (C=O) groups excluding carboxylic acids is 1. The van der Waals surface area contributed by atoms with Gasteiger partial charge >= 0.3 is 0 Å². The molecule has 0 heterocycles. The number of carbonyl (C=O) groups is 1. The van der Waals surface area contributed by atoms with Crippen LogP contribution in [0.4, 0.5) is 5.69 Å². The first-order valence-corrected chi connectivity index (χ1v) is 9.28. The van der Waals surface area contributed by atoms with Gasteiger partial charge in [-0.1, -0.05) is 51.2 Å². The van der Waals surface area contributed by atoms with Crippen molar-refractivity contribution in [1.29, 1.82) is 0 Å². The Morgan fingerprint density at radius 3 is 2.38 bits per heavy atom. The minimum Gasteiger partial charge on any atom is -0.283 e. The van der Waals surface area contributed by atoms with Crippen molar-refractivity contribution in [3.63, 3.8) is 0 Å². The molecule has 4 nitrogen and oxygen atoms in total. The Morgan fingerprint density at radius 1 is 1.10 bits per heavy atom. The van der Waals surface area contributed by atoms with Crippen molar-refractivity contribution in [3.05, 3.63) is 29.8 Å². The van der Waals surface area contributed by atoms with Gasteiger partial charge in [0.05, 0.1) is 17.0 Å². The van der Waals surface area contributed by atoms with Crippen molar-refractivity contribution in [2.75, 3.05) is 10.5 Å². The van der Waals surface area contributed by atoms with Crippen LogP contribution in [0.15, 0.2) is 24.3 Å². The second kappa shape index (κ2) is 9.05. The monoisotopic (exact) mass is 331 g/mol. The van der Waals surface area contributed by atoms with Gasteiger partial charge in [-0.25, -0.2) is 8.42 Å². The molecule has 1 rings (SSSR count). The Bertz CT molecular complexity index is 558. The zero-order valence-corrected chi connectivity index (χ0v) is 13.8. The largest absolute Gasteiger partial charge is 0.283 e. The molecule has 0 spiro atoms. The van der Waals surface area contributed by atoms with E-state index in [1.54, 1.807) is 12.1 Å². The van der Waals surface area contributed by atoms with Crippen LogP contribution in [-0.2, 0) is 10.0 Å². The van der Waals surface area contributed by atoms with Crippen molar-refractivity contribution >= 4 is 32.6 Å². The van der Waals surface area contributed by atoms with Crippen LogP contribution < -0.4 is 4.72 Å². The second-order valence-electron chi connectivity index (χ2n) is 5.01. The summed E-state index contributed by atoms with van der Waals surface area (Å²) >= 11 is 5.44. The molecule has 0 fully saturated rings. The highest BCUT2D eigenvalue weighted by Gasteiger charge is 2.15. The highest BCUT2D eigenvalue weighted by Crippen LogP contribution is 2.19. The summed E-state index contributed by atoms with van der Waals surface area (Å²) in [4.78, 5) is 11.2. The summed E-state index contributed by atoms with van der Waals surface area (Å²) in [6.45, 7) is 2.14. The zero-order valence-electron chi connectivity index (χ0n) is 12.3. The standard InChI is InChI=1S/C15H22ClNO3S/c1-2-3-4-5-6-9-12-21(19,20)17-14-11-8-7-10-13(14)15(16)18/h7-8,10-11,17H,2-6,9,12H2,1H3. The molecule has 0 aliphatic heterocycles. The van der Waals surface area contributed by atoms with Gasteiger partial charge in [-0.15, -0.1) is 0 Å². The molecule has 21 heavy (non-hydrogen) atoms. The van der Waals surface area contributed by atoms with E-state index in [9.17, 15) is 13.2 Å². The first kappa shape index (κ1) is 18.0. The number of anilines is 1. The van der Waals surface area contributed by atoms with Crippen molar-refractivity contribution in [2.45, 2.75) is 45.4 Å². The van der Waals surface area contributed by atoms with E-state index in [-0.39, 0.29) is 17.0 Å². The van der Waals surface area contributed by atoms with E-state index in [0.717, 1.165) is 19.3 Å². The Morgan fingerprint density at radius 2 is 1.71 bits per heavy atom. The second-order valence-corrected chi connectivity index (χ2v) is 7.19. The number of para-hydroxylation sites is 1. The van der Waals surface area contributed by atoms with Crippen LogP contribution in [0.1, 0.15) is 55.8 Å². The summed E-state index contributed by atoms with van der Waals surface area (Å²) < 4.78 is 26.4. The maximum absolute atomic E-state index is 12.0. The smallest absolute Gasteiger partial charge is 0.254 e. The minimum atomic E-state index is -3.44. The topological polar surface area (TPSA) is 63.2 Å². The van der Waals surface area contributed by atoms with Gasteiger partial charge in [-0.05, 0) is 30.2 Å². The molecule has 0 saturated heterocycles. The summed E-state index contributed by atoms with van der Waals surface area (Å²) in [5, 5.41) is -0.673. The summed E-state index contributed by atoms with van der Waals surface area (Å²) in [7, 11) is -3.44. The molecular formula is C15H22ClNO3S. The fourth-order valence-electron chi connectivity index (χ4n) is 2.03. The fourth-order valence-corrected chi connectivity index (χ4v) is 3.40. The molecule has 1 N–H and O–H groups in total. The normalized spacial score (nSPS) is 11.3. The van der Waals surface area contributed by atoms with Gasteiger partial charge < -0.3 is 0 Å². The van der Waals surface area contributed by atoms with Gasteiger partial charge in [-0.2, -0.15) is 0 Å². The maximum Gasteiger partial charge on any atom is 0.254 e. The van der Waals surface area contributed by atoms with Crippen LogP contribution in [0.5, 0.6) is 0 Å². The van der Waals surface area contributed by atoms with E-state index < -0.39 is 15.3 Å². The van der Waals surface area contributed by atoms with Crippen molar-refractivity contribution in [2.24, 2.45) is 0 Å². The molecule has 0 aromatic heterocycles. The number of rotatable bonds is 10. The summed E-state index contributed by atoms with van der Waals surface area (Å²) in [6, 6.07) is 6.33. The number of unbranched alkanes of at least 4 members (excludes halogenated alkanes) is 5. The van der Waals surface area contributed by atoms with Crippen LogP contribution in [0.3, 0.4) is 0 Å². The molecule has 1 aromatic rings. The lowest BCUT2D eigenvalue weighted by atomic mass is 10.1. The minimum absolute atomic E-state index is 0.0595. The van der Waals surface area contributed by atoms with E-state index in [1.807, 2.05) is 0 Å². The van der Waals surface area contributed by atoms with E-state index in [1.165, 1.54) is 25.0 Å². The third-order valence-corrected chi connectivity index (χ3v) is 4.73. The Kier molecular flexibility index (Phi) is 7.75. The summed E-state index contributed by atoms with van der Waals surface area (Å²) in [6.07, 6.45) is 6.08. The van der Waals surface area contributed by atoms with E-state index in [2.05, 4.69) is 11.6 Å². The number of nitrogens with one attached hydrogen (secondary N) is 1. The van der Waals surface area contributed by atoms with Gasteiger partial charge in [-0.3, -0.25) is 9.52 Å². The van der Waals surface area contributed by atoms with Crippen LogP contribution in [0.25, 0.3) is 0 Å². The molecule has 118 valence electrons. The molecule has 6 heteroatoms. The van der Waals surface area contributed by atoms with Crippen LogP contribution in [0.2, 0.25) is 0 Å². The van der Waals surface area contributed by atoms with Gasteiger partial charge in [0, 0.05) is 0 Å². The predicted octanol–water partition coefficient (Wildman–Crippen LogP) is 4.17. The third kappa shape index (κ3) is 6.96. The Labute approximate surface area is 131 Å².